The summed E-state index contributed by atoms with van der Waals surface area (Å²) in [6, 6.07) is 15.0. The van der Waals surface area contributed by atoms with Crippen molar-refractivity contribution in [1.29, 1.82) is 0 Å². The summed E-state index contributed by atoms with van der Waals surface area (Å²) in [6.07, 6.45) is 3.88. The number of halogens is 2. The van der Waals surface area contributed by atoms with Crippen LogP contribution < -0.4 is 10.6 Å². The van der Waals surface area contributed by atoms with Crippen molar-refractivity contribution in [2.75, 3.05) is 11.9 Å². The summed E-state index contributed by atoms with van der Waals surface area (Å²) < 4.78 is 20.9. The van der Waals surface area contributed by atoms with Crippen LogP contribution in [0.25, 0.3) is 10.1 Å². The number of nitrogens with zero attached hydrogens (tertiary/aromatic N) is 4. The number of imidazole rings is 1. The smallest absolute Gasteiger partial charge is 0.287 e. The fourth-order valence-corrected chi connectivity index (χ4v) is 5.77. The Morgan fingerprint density at radius 1 is 1.07 bits per heavy atom. The average molecular weight is 605 g/mol. The summed E-state index contributed by atoms with van der Waals surface area (Å²) in [5.74, 6) is -2.53. The molecular weight excluding hydrogens is 579 g/mol. The first-order valence-corrected chi connectivity index (χ1v) is 14.3. The number of hydrogen-bond donors (Lipinski definition) is 2. The maximum atomic E-state index is 14.3. The molecule has 0 aliphatic carbocycles. The predicted octanol–water partition coefficient (Wildman–Crippen LogP) is 5.65. The van der Waals surface area contributed by atoms with E-state index in [0.717, 1.165) is 10.3 Å². The van der Waals surface area contributed by atoms with Crippen LogP contribution in [0.1, 0.15) is 57.7 Å². The molecule has 2 amide bonds. The van der Waals surface area contributed by atoms with Gasteiger partial charge >= 0.3 is 0 Å². The van der Waals surface area contributed by atoms with E-state index in [9.17, 15) is 18.8 Å². The van der Waals surface area contributed by atoms with Gasteiger partial charge in [0.15, 0.2) is 5.82 Å². The number of ketones is 1. The van der Waals surface area contributed by atoms with Crippen LogP contribution in [0.3, 0.4) is 0 Å². The highest BCUT2D eigenvalue weighted by Crippen LogP contribution is 2.36. The van der Waals surface area contributed by atoms with Crippen molar-refractivity contribution in [2.24, 2.45) is 0 Å². The van der Waals surface area contributed by atoms with Crippen LogP contribution in [-0.2, 0) is 17.8 Å². The van der Waals surface area contributed by atoms with Crippen molar-refractivity contribution in [3.8, 4) is 0 Å². The maximum Gasteiger partial charge on any atom is 0.287 e. The normalized spacial score (nSPS) is 11.8. The predicted molar refractivity (Wildman–Crippen MR) is 160 cm³/mol. The highest BCUT2D eigenvalue weighted by atomic mass is 35.5. The van der Waals surface area contributed by atoms with Gasteiger partial charge in [0.05, 0.1) is 16.9 Å². The zero-order chi connectivity index (χ0) is 29.8. The van der Waals surface area contributed by atoms with Crippen LogP contribution in [0.2, 0.25) is 5.02 Å². The van der Waals surface area contributed by atoms with E-state index < -0.39 is 23.5 Å². The third-order valence-electron chi connectivity index (χ3n) is 6.70. The van der Waals surface area contributed by atoms with Crippen molar-refractivity contribution in [3.05, 3.63) is 106 Å². The summed E-state index contributed by atoms with van der Waals surface area (Å²) in [5.41, 5.74) is 1.91. The lowest BCUT2D eigenvalue weighted by molar-refractivity contribution is -0.117. The molecular formula is C30H26ClFN6O3S. The van der Waals surface area contributed by atoms with Gasteiger partial charge in [-0.15, -0.1) is 0 Å². The molecule has 0 saturated carbocycles. The van der Waals surface area contributed by atoms with Crippen LogP contribution in [-0.4, -0.2) is 43.1 Å². The number of carbonyl (C=O) groups is 3. The number of anilines is 1. The van der Waals surface area contributed by atoms with Gasteiger partial charge in [0.2, 0.25) is 5.82 Å². The Morgan fingerprint density at radius 3 is 2.60 bits per heavy atom. The number of Topliss-reactive ketones (excluding diaryl/α,β-unsaturated/α-hetero) is 1. The highest BCUT2D eigenvalue weighted by Gasteiger charge is 2.30. The quantitative estimate of drug-likeness (QED) is 0.213. The molecule has 0 spiro atoms. The SMILES string of the molecule is CC(=O)Cn1c(C(=O)NCCc2ccncc2)nc(NC(=O)c2nsc3ccccc23)c1[C@@H](C)c1cc(F)ccc1Cl. The monoisotopic (exact) mass is 604 g/mol. The van der Waals surface area contributed by atoms with Gasteiger partial charge in [-0.1, -0.05) is 36.7 Å². The number of benzene rings is 2. The summed E-state index contributed by atoms with van der Waals surface area (Å²) in [4.78, 5) is 47.9. The zero-order valence-corrected chi connectivity index (χ0v) is 24.3. The van der Waals surface area contributed by atoms with Gasteiger partial charge in [-0.25, -0.2) is 9.37 Å². The van der Waals surface area contributed by atoms with E-state index in [0.29, 0.717) is 29.6 Å². The van der Waals surface area contributed by atoms with Crippen LogP contribution in [0.5, 0.6) is 0 Å². The fourth-order valence-electron chi connectivity index (χ4n) is 4.71. The third kappa shape index (κ3) is 6.22. The number of nitrogens with one attached hydrogen (secondary N) is 2. The molecule has 3 aromatic heterocycles. The largest absolute Gasteiger partial charge is 0.349 e. The second kappa shape index (κ2) is 12.6. The van der Waals surface area contributed by atoms with Crippen molar-refractivity contribution in [3.63, 3.8) is 0 Å². The number of hydrogen-bond acceptors (Lipinski definition) is 7. The Kier molecular flexibility index (Phi) is 8.69. The second-order valence-electron chi connectivity index (χ2n) is 9.69. The van der Waals surface area contributed by atoms with E-state index in [-0.39, 0.29) is 34.7 Å². The molecule has 42 heavy (non-hydrogen) atoms. The molecule has 5 aromatic rings. The maximum absolute atomic E-state index is 14.3. The number of pyridine rings is 1. The minimum atomic E-state index is -0.666. The first-order chi connectivity index (χ1) is 20.2. The van der Waals surface area contributed by atoms with E-state index >= 15 is 0 Å². The minimum absolute atomic E-state index is 0.0467. The van der Waals surface area contributed by atoms with Crippen molar-refractivity contribution >= 4 is 56.6 Å². The van der Waals surface area contributed by atoms with Gasteiger partial charge in [-0.2, -0.15) is 4.37 Å². The molecule has 0 radical (unpaired) electrons. The lowest BCUT2D eigenvalue weighted by atomic mass is 9.96. The molecule has 0 aliphatic heterocycles. The van der Waals surface area contributed by atoms with Crippen LogP contribution in [0.4, 0.5) is 10.2 Å². The Morgan fingerprint density at radius 2 is 1.83 bits per heavy atom. The minimum Gasteiger partial charge on any atom is -0.349 e. The lowest BCUT2D eigenvalue weighted by Gasteiger charge is -2.19. The first kappa shape index (κ1) is 29.0. The standard InChI is InChI=1S/C30H26ClFN6O3S/c1-17(39)16-38-26(18(2)22-15-20(32)7-8-23(22)31)27(36-29(40)25-21-5-3-4-6-24(21)42-37-25)35-28(38)30(41)34-14-11-19-9-12-33-13-10-19/h3-10,12-13,15,18H,11,14,16H2,1-2H3,(H,34,41)(H,36,40)/t18-/m0/s1. The summed E-state index contributed by atoms with van der Waals surface area (Å²) in [6.45, 7) is 3.22. The van der Waals surface area contributed by atoms with Gasteiger partial charge < -0.3 is 15.2 Å². The lowest BCUT2D eigenvalue weighted by Crippen LogP contribution is -2.30. The summed E-state index contributed by atoms with van der Waals surface area (Å²) in [5, 5.41) is 6.59. The highest BCUT2D eigenvalue weighted by molar-refractivity contribution is 7.13. The van der Waals surface area contributed by atoms with Gasteiger partial charge in [0.1, 0.15) is 17.3 Å². The Balaban J connectivity index is 1.56. The molecule has 2 N–H and O–H groups in total. The molecule has 9 nitrogen and oxygen atoms in total. The summed E-state index contributed by atoms with van der Waals surface area (Å²) >= 11 is 7.64. The van der Waals surface area contributed by atoms with Crippen LogP contribution in [0.15, 0.2) is 67.0 Å². The Labute approximate surface area is 249 Å². The molecule has 2 aromatic carbocycles. The molecule has 1 atom stereocenters. The molecule has 0 aliphatic rings. The second-order valence-corrected chi connectivity index (χ2v) is 10.9. The van der Waals surface area contributed by atoms with Gasteiger partial charge in [-0.05, 0) is 72.4 Å². The topological polar surface area (TPSA) is 119 Å². The summed E-state index contributed by atoms with van der Waals surface area (Å²) in [7, 11) is 0. The molecule has 0 saturated heterocycles. The number of amides is 2. The Bertz CT molecular complexity index is 1790. The van der Waals surface area contributed by atoms with E-state index in [2.05, 4.69) is 25.0 Å². The molecule has 0 fully saturated rings. The average Bonchev–Trinajstić information content (AvgIpc) is 3.56. The van der Waals surface area contributed by atoms with E-state index in [1.807, 2.05) is 30.3 Å². The molecule has 214 valence electrons. The Hall–Kier alpha value is -4.48. The third-order valence-corrected chi connectivity index (χ3v) is 7.87. The molecule has 5 rings (SSSR count). The molecule has 12 heteroatoms. The number of carbonyl (C=O) groups excluding carboxylic acids is 3. The van der Waals surface area contributed by atoms with E-state index in [1.54, 1.807) is 25.4 Å². The van der Waals surface area contributed by atoms with Gasteiger partial charge in [0, 0.05) is 35.3 Å². The van der Waals surface area contributed by atoms with Crippen LogP contribution in [0, 0.1) is 5.82 Å². The van der Waals surface area contributed by atoms with Crippen molar-refractivity contribution < 1.29 is 18.8 Å². The van der Waals surface area contributed by atoms with Gasteiger partial charge in [-0.3, -0.25) is 19.4 Å². The number of aromatic nitrogens is 4. The zero-order valence-electron chi connectivity index (χ0n) is 22.7. The van der Waals surface area contributed by atoms with Crippen molar-refractivity contribution in [2.45, 2.75) is 32.7 Å². The van der Waals surface area contributed by atoms with Crippen molar-refractivity contribution in [1.82, 2.24) is 24.2 Å². The molecule has 0 bridgehead atoms. The van der Waals surface area contributed by atoms with Crippen LogP contribution >= 0.6 is 23.1 Å². The van der Waals surface area contributed by atoms with E-state index in [1.165, 1.54) is 41.2 Å². The number of fused-ring (bicyclic) bond motifs is 1. The molecule has 3 heterocycles. The fraction of sp³-hybridized carbons (Fsp3) is 0.200. The molecule has 0 unspecified atom stereocenters. The van der Waals surface area contributed by atoms with Gasteiger partial charge in [0.25, 0.3) is 11.8 Å². The van der Waals surface area contributed by atoms with E-state index in [4.69, 9.17) is 11.6 Å². The number of rotatable bonds is 10. The first-order valence-electron chi connectivity index (χ1n) is 13.1.